The summed E-state index contributed by atoms with van der Waals surface area (Å²) in [6, 6.07) is 10.2. The highest BCUT2D eigenvalue weighted by molar-refractivity contribution is 7.79. The molecular weight excluding hydrogens is 198 g/mol. The molecule has 0 fully saturated rings. The van der Waals surface area contributed by atoms with Gasteiger partial charge in [-0.1, -0.05) is 30.3 Å². The van der Waals surface area contributed by atoms with Gasteiger partial charge in [0.1, 0.15) is 5.01 Å². The van der Waals surface area contributed by atoms with Gasteiger partial charge in [-0.2, -0.15) is 12.6 Å². The van der Waals surface area contributed by atoms with E-state index in [0.717, 1.165) is 10.7 Å². The van der Waals surface area contributed by atoms with Crippen molar-refractivity contribution < 1.29 is 0 Å². The summed E-state index contributed by atoms with van der Waals surface area (Å²) in [7, 11) is 0. The monoisotopic (exact) mass is 207 g/mol. The Balaban J connectivity index is 2.36. The first-order valence-electron chi connectivity index (χ1n) is 4.01. The second-order valence-corrected chi connectivity index (χ2v) is 3.84. The molecule has 0 unspecified atom stereocenters. The lowest BCUT2D eigenvalue weighted by molar-refractivity contribution is 1.24. The second-order valence-electron chi connectivity index (χ2n) is 2.67. The van der Waals surface area contributed by atoms with Crippen molar-refractivity contribution in [1.82, 2.24) is 4.98 Å². The third-order valence-electron chi connectivity index (χ3n) is 1.73. The van der Waals surface area contributed by atoms with Gasteiger partial charge in [0.15, 0.2) is 0 Å². The zero-order valence-corrected chi connectivity index (χ0v) is 8.68. The van der Waals surface area contributed by atoms with Crippen molar-refractivity contribution in [2.45, 2.75) is 5.75 Å². The lowest BCUT2D eigenvalue weighted by Gasteiger charge is -1.92. The van der Waals surface area contributed by atoms with Crippen LogP contribution in [0.5, 0.6) is 0 Å². The molecule has 0 amide bonds. The second kappa shape index (κ2) is 3.94. The number of hydrogen-bond donors (Lipinski definition) is 1. The van der Waals surface area contributed by atoms with Crippen LogP contribution in [0.4, 0.5) is 0 Å². The number of hydrogen-bond acceptors (Lipinski definition) is 3. The minimum absolute atomic E-state index is 0.712. The molecule has 0 bridgehead atoms. The number of aromatic nitrogens is 1. The van der Waals surface area contributed by atoms with Gasteiger partial charge in [-0.15, -0.1) is 11.3 Å². The van der Waals surface area contributed by atoms with Gasteiger partial charge in [0.05, 0.1) is 5.69 Å². The van der Waals surface area contributed by atoms with Gasteiger partial charge in [-0.05, 0) is 0 Å². The summed E-state index contributed by atoms with van der Waals surface area (Å²) >= 11 is 5.85. The number of rotatable bonds is 2. The van der Waals surface area contributed by atoms with Crippen molar-refractivity contribution in [2.24, 2.45) is 0 Å². The Hall–Kier alpha value is -0.800. The maximum atomic E-state index is 4.44. The van der Waals surface area contributed by atoms with Gasteiger partial charge in [-0.25, -0.2) is 4.98 Å². The Morgan fingerprint density at radius 1 is 1.23 bits per heavy atom. The molecule has 0 spiro atoms. The molecular formula is C10H9NS2. The average Bonchev–Trinajstić information content (AvgIpc) is 2.67. The summed E-state index contributed by atoms with van der Waals surface area (Å²) in [5, 5.41) is 3.12. The molecule has 1 aromatic heterocycles. The van der Waals surface area contributed by atoms with Crippen LogP contribution >= 0.6 is 24.0 Å². The van der Waals surface area contributed by atoms with E-state index < -0.39 is 0 Å². The van der Waals surface area contributed by atoms with Crippen LogP contribution < -0.4 is 0 Å². The van der Waals surface area contributed by atoms with Crippen LogP contribution in [-0.2, 0) is 5.75 Å². The molecule has 0 aliphatic carbocycles. The predicted molar refractivity (Wildman–Crippen MR) is 60.2 cm³/mol. The van der Waals surface area contributed by atoms with Crippen molar-refractivity contribution in [3.8, 4) is 10.6 Å². The Morgan fingerprint density at radius 3 is 2.62 bits per heavy atom. The zero-order chi connectivity index (χ0) is 9.10. The van der Waals surface area contributed by atoms with Crippen LogP contribution in [0.15, 0.2) is 35.7 Å². The first kappa shape index (κ1) is 8.78. The van der Waals surface area contributed by atoms with Gasteiger partial charge in [0.2, 0.25) is 0 Å². The van der Waals surface area contributed by atoms with Crippen molar-refractivity contribution in [1.29, 1.82) is 0 Å². The van der Waals surface area contributed by atoms with Gasteiger partial charge in [0, 0.05) is 16.7 Å². The van der Waals surface area contributed by atoms with E-state index in [1.165, 1.54) is 5.56 Å². The van der Waals surface area contributed by atoms with E-state index in [2.05, 4.69) is 35.1 Å². The summed E-state index contributed by atoms with van der Waals surface area (Å²) < 4.78 is 0. The quantitative estimate of drug-likeness (QED) is 0.746. The molecule has 0 N–H and O–H groups in total. The van der Waals surface area contributed by atoms with Crippen molar-refractivity contribution in [3.05, 3.63) is 41.4 Å². The van der Waals surface area contributed by atoms with E-state index in [9.17, 15) is 0 Å². The lowest BCUT2D eigenvalue weighted by Crippen LogP contribution is -1.78. The van der Waals surface area contributed by atoms with Crippen LogP contribution in [0, 0.1) is 0 Å². The Kier molecular flexibility index (Phi) is 2.66. The number of thiol groups is 1. The molecule has 0 radical (unpaired) electrons. The Bertz CT molecular complexity index is 381. The van der Waals surface area contributed by atoms with Crippen LogP contribution in [0.25, 0.3) is 10.6 Å². The molecule has 13 heavy (non-hydrogen) atoms. The Morgan fingerprint density at radius 2 is 2.00 bits per heavy atom. The lowest BCUT2D eigenvalue weighted by atomic mass is 10.2. The summed E-state index contributed by atoms with van der Waals surface area (Å²) in [6.07, 6.45) is 0. The van der Waals surface area contributed by atoms with E-state index in [1.54, 1.807) is 11.3 Å². The van der Waals surface area contributed by atoms with E-state index >= 15 is 0 Å². The van der Waals surface area contributed by atoms with Crippen LogP contribution in [0.1, 0.15) is 5.69 Å². The van der Waals surface area contributed by atoms with Crippen molar-refractivity contribution >= 4 is 24.0 Å². The van der Waals surface area contributed by atoms with Crippen LogP contribution in [0.3, 0.4) is 0 Å². The van der Waals surface area contributed by atoms with E-state index in [1.807, 2.05) is 18.2 Å². The molecule has 3 heteroatoms. The minimum atomic E-state index is 0.712. The molecule has 1 nitrogen and oxygen atoms in total. The van der Waals surface area contributed by atoms with Crippen molar-refractivity contribution in [3.63, 3.8) is 0 Å². The topological polar surface area (TPSA) is 12.9 Å². The molecule has 0 saturated carbocycles. The summed E-state index contributed by atoms with van der Waals surface area (Å²) in [5.74, 6) is 0.712. The third-order valence-corrected chi connectivity index (χ3v) is 3.00. The summed E-state index contributed by atoms with van der Waals surface area (Å²) in [5.41, 5.74) is 2.23. The third kappa shape index (κ3) is 1.92. The molecule has 0 saturated heterocycles. The molecule has 66 valence electrons. The summed E-state index contributed by atoms with van der Waals surface area (Å²) in [4.78, 5) is 4.44. The fourth-order valence-electron chi connectivity index (χ4n) is 1.09. The minimum Gasteiger partial charge on any atom is -0.240 e. The van der Waals surface area contributed by atoms with Gasteiger partial charge < -0.3 is 0 Å². The van der Waals surface area contributed by atoms with Gasteiger partial charge in [-0.3, -0.25) is 0 Å². The van der Waals surface area contributed by atoms with Crippen molar-refractivity contribution in [2.75, 3.05) is 0 Å². The molecule has 0 aliphatic rings. The molecule has 1 aromatic carbocycles. The highest BCUT2D eigenvalue weighted by Crippen LogP contribution is 2.23. The Labute approximate surface area is 86.9 Å². The smallest absolute Gasteiger partial charge is 0.123 e. The highest BCUT2D eigenvalue weighted by Gasteiger charge is 2.01. The van der Waals surface area contributed by atoms with E-state index in [0.29, 0.717) is 5.75 Å². The largest absolute Gasteiger partial charge is 0.240 e. The number of nitrogens with zero attached hydrogens (tertiary/aromatic N) is 1. The van der Waals surface area contributed by atoms with Gasteiger partial charge >= 0.3 is 0 Å². The van der Waals surface area contributed by atoms with Crippen LogP contribution in [0.2, 0.25) is 0 Å². The summed E-state index contributed by atoms with van der Waals surface area (Å²) in [6.45, 7) is 0. The van der Waals surface area contributed by atoms with Crippen LogP contribution in [-0.4, -0.2) is 4.98 Å². The zero-order valence-electron chi connectivity index (χ0n) is 6.97. The fraction of sp³-hybridized carbons (Fsp3) is 0.100. The number of thiazole rings is 1. The number of benzene rings is 1. The first-order valence-corrected chi connectivity index (χ1v) is 5.52. The molecule has 0 atom stereocenters. The normalized spacial score (nSPS) is 10.2. The van der Waals surface area contributed by atoms with E-state index in [4.69, 9.17) is 0 Å². The standard InChI is InChI=1S/C10H9NS2/c12-6-9-7-13-10(11-9)8-4-2-1-3-5-8/h1-5,7,12H,6H2. The SMILES string of the molecule is SCc1csc(-c2ccccc2)n1. The average molecular weight is 207 g/mol. The molecule has 0 aliphatic heterocycles. The maximum Gasteiger partial charge on any atom is 0.123 e. The fourth-order valence-corrected chi connectivity index (χ4v) is 2.20. The van der Waals surface area contributed by atoms with E-state index in [-0.39, 0.29) is 0 Å². The highest BCUT2D eigenvalue weighted by atomic mass is 32.1. The maximum absolute atomic E-state index is 4.44. The molecule has 1 heterocycles. The first-order chi connectivity index (χ1) is 6.40. The molecule has 2 aromatic rings. The molecule has 2 rings (SSSR count). The predicted octanol–water partition coefficient (Wildman–Crippen LogP) is 3.24. The van der Waals surface area contributed by atoms with Gasteiger partial charge in [0.25, 0.3) is 0 Å².